The number of hydrogen-bond acceptors (Lipinski definition) is 3. The lowest BCUT2D eigenvalue weighted by molar-refractivity contribution is -0.142. The molecule has 0 aromatic heterocycles. The lowest BCUT2D eigenvalue weighted by Crippen LogP contribution is -2.51. The summed E-state index contributed by atoms with van der Waals surface area (Å²) >= 11 is 0. The standard InChI is InChI=1S/C29H34N2O3/c1-4-23-14-16-26(17-15-23)34-21-28(32)31(20-25-13-9-10-22(3)18-25)27(29(33)30-5-2)19-24-11-7-6-8-12-24/h6-18,27H,4-5,19-21H2,1-3H3,(H,30,33)/t27-/m0/s1. The Bertz CT molecular complexity index is 1060. The number of nitrogens with one attached hydrogen (secondary N) is 1. The molecule has 1 N–H and O–H groups in total. The number of rotatable bonds is 11. The van der Waals surface area contributed by atoms with Gasteiger partial charge in [-0.2, -0.15) is 0 Å². The van der Waals surface area contributed by atoms with Gasteiger partial charge in [0.25, 0.3) is 5.91 Å². The number of likely N-dealkylation sites (N-methyl/N-ethyl adjacent to an activating group) is 1. The molecule has 0 heterocycles. The van der Waals surface area contributed by atoms with Crippen LogP contribution in [-0.2, 0) is 29.0 Å². The second kappa shape index (κ2) is 12.6. The maximum atomic E-state index is 13.5. The van der Waals surface area contributed by atoms with E-state index in [2.05, 4.69) is 12.2 Å². The molecule has 0 fully saturated rings. The molecule has 34 heavy (non-hydrogen) atoms. The van der Waals surface area contributed by atoms with E-state index in [0.29, 0.717) is 25.3 Å². The largest absolute Gasteiger partial charge is 0.484 e. The van der Waals surface area contributed by atoms with Crippen LogP contribution in [0.25, 0.3) is 0 Å². The first-order valence-corrected chi connectivity index (χ1v) is 11.9. The summed E-state index contributed by atoms with van der Waals surface area (Å²) < 4.78 is 5.83. The number of ether oxygens (including phenoxy) is 1. The highest BCUT2D eigenvalue weighted by Gasteiger charge is 2.30. The summed E-state index contributed by atoms with van der Waals surface area (Å²) in [6.07, 6.45) is 1.37. The van der Waals surface area contributed by atoms with Crippen molar-refractivity contribution in [2.24, 2.45) is 0 Å². The van der Waals surface area contributed by atoms with Gasteiger partial charge in [-0.05, 0) is 49.1 Å². The quantitative estimate of drug-likeness (QED) is 0.453. The molecule has 0 saturated heterocycles. The van der Waals surface area contributed by atoms with E-state index in [-0.39, 0.29) is 18.4 Å². The van der Waals surface area contributed by atoms with Crippen molar-refractivity contribution in [1.29, 1.82) is 0 Å². The third kappa shape index (κ3) is 7.20. The number of aryl methyl sites for hydroxylation is 2. The molecule has 2 amide bonds. The van der Waals surface area contributed by atoms with Gasteiger partial charge in [-0.25, -0.2) is 0 Å². The molecule has 0 aliphatic heterocycles. The van der Waals surface area contributed by atoms with Crippen molar-refractivity contribution in [3.05, 3.63) is 101 Å². The molecule has 178 valence electrons. The summed E-state index contributed by atoms with van der Waals surface area (Å²) in [5.74, 6) is 0.242. The Kier molecular flexibility index (Phi) is 9.27. The normalized spacial score (nSPS) is 11.5. The molecule has 5 nitrogen and oxygen atoms in total. The monoisotopic (exact) mass is 458 g/mol. The minimum absolute atomic E-state index is 0.137. The van der Waals surface area contributed by atoms with Crippen molar-refractivity contribution in [3.63, 3.8) is 0 Å². The van der Waals surface area contributed by atoms with E-state index in [9.17, 15) is 9.59 Å². The third-order valence-electron chi connectivity index (χ3n) is 5.75. The predicted molar refractivity (Wildman–Crippen MR) is 136 cm³/mol. The summed E-state index contributed by atoms with van der Waals surface area (Å²) in [6, 6.07) is 24.9. The second-order valence-electron chi connectivity index (χ2n) is 8.40. The number of benzene rings is 3. The Balaban J connectivity index is 1.86. The van der Waals surface area contributed by atoms with Gasteiger partial charge >= 0.3 is 0 Å². The van der Waals surface area contributed by atoms with Crippen LogP contribution in [0.4, 0.5) is 0 Å². The van der Waals surface area contributed by atoms with Crippen LogP contribution in [0.2, 0.25) is 0 Å². The van der Waals surface area contributed by atoms with E-state index in [0.717, 1.165) is 23.1 Å². The van der Waals surface area contributed by atoms with Crippen molar-refractivity contribution < 1.29 is 14.3 Å². The van der Waals surface area contributed by atoms with Crippen molar-refractivity contribution in [2.45, 2.75) is 46.2 Å². The number of hydrogen-bond donors (Lipinski definition) is 1. The van der Waals surface area contributed by atoms with Gasteiger partial charge in [-0.15, -0.1) is 0 Å². The first kappa shape index (κ1) is 25.0. The molecule has 0 aliphatic rings. The Morgan fingerprint density at radius 3 is 2.24 bits per heavy atom. The first-order valence-electron chi connectivity index (χ1n) is 11.9. The van der Waals surface area contributed by atoms with E-state index in [4.69, 9.17) is 4.74 Å². The molecule has 5 heteroatoms. The van der Waals surface area contributed by atoms with Crippen LogP contribution < -0.4 is 10.1 Å². The molecule has 1 atom stereocenters. The van der Waals surface area contributed by atoms with Crippen molar-refractivity contribution >= 4 is 11.8 Å². The Morgan fingerprint density at radius 2 is 1.59 bits per heavy atom. The Morgan fingerprint density at radius 1 is 0.882 bits per heavy atom. The predicted octanol–water partition coefficient (Wildman–Crippen LogP) is 4.71. The van der Waals surface area contributed by atoms with Gasteiger partial charge in [-0.3, -0.25) is 9.59 Å². The second-order valence-corrected chi connectivity index (χ2v) is 8.40. The minimum atomic E-state index is -0.651. The fraction of sp³-hybridized carbons (Fsp3) is 0.310. The van der Waals surface area contributed by atoms with Crippen LogP contribution in [-0.4, -0.2) is 35.9 Å². The van der Waals surface area contributed by atoms with Gasteiger partial charge in [0.2, 0.25) is 5.91 Å². The maximum absolute atomic E-state index is 13.5. The summed E-state index contributed by atoms with van der Waals surface area (Å²) in [5, 5.41) is 2.91. The summed E-state index contributed by atoms with van der Waals surface area (Å²) in [5.41, 5.74) is 4.29. The molecule has 0 radical (unpaired) electrons. The van der Waals surface area contributed by atoms with Crippen LogP contribution in [0.15, 0.2) is 78.9 Å². The SMILES string of the molecule is CCNC(=O)[C@H](Cc1ccccc1)N(Cc1cccc(C)c1)C(=O)COc1ccc(CC)cc1. The van der Waals surface area contributed by atoms with E-state index in [1.165, 1.54) is 5.56 Å². The van der Waals surface area contributed by atoms with Gasteiger partial charge in [0.15, 0.2) is 6.61 Å². The van der Waals surface area contributed by atoms with Gasteiger partial charge in [-0.1, -0.05) is 79.2 Å². The lowest BCUT2D eigenvalue weighted by atomic mass is 10.0. The Labute approximate surface area is 202 Å². The summed E-state index contributed by atoms with van der Waals surface area (Å²) in [6.45, 7) is 6.68. The van der Waals surface area contributed by atoms with Gasteiger partial charge in [0.1, 0.15) is 11.8 Å². The highest BCUT2D eigenvalue weighted by atomic mass is 16.5. The average Bonchev–Trinajstić information content (AvgIpc) is 2.85. The van der Waals surface area contributed by atoms with E-state index < -0.39 is 6.04 Å². The first-order chi connectivity index (χ1) is 16.5. The molecular formula is C29H34N2O3. The van der Waals surface area contributed by atoms with Gasteiger partial charge in [0, 0.05) is 19.5 Å². The maximum Gasteiger partial charge on any atom is 0.261 e. The summed E-state index contributed by atoms with van der Waals surface area (Å²) in [7, 11) is 0. The van der Waals surface area contributed by atoms with Gasteiger partial charge in [0.05, 0.1) is 0 Å². The molecule has 0 aliphatic carbocycles. The zero-order valence-corrected chi connectivity index (χ0v) is 20.3. The van der Waals surface area contributed by atoms with E-state index in [1.807, 2.05) is 92.7 Å². The van der Waals surface area contributed by atoms with Crippen molar-refractivity contribution in [1.82, 2.24) is 10.2 Å². The van der Waals surface area contributed by atoms with Crippen LogP contribution >= 0.6 is 0 Å². The van der Waals surface area contributed by atoms with Crippen LogP contribution in [0.5, 0.6) is 5.75 Å². The van der Waals surface area contributed by atoms with Gasteiger partial charge < -0.3 is 15.0 Å². The van der Waals surface area contributed by atoms with Crippen LogP contribution in [0.3, 0.4) is 0 Å². The molecule has 0 bridgehead atoms. The van der Waals surface area contributed by atoms with E-state index in [1.54, 1.807) is 4.90 Å². The van der Waals surface area contributed by atoms with Crippen molar-refractivity contribution in [3.8, 4) is 5.75 Å². The van der Waals surface area contributed by atoms with Crippen molar-refractivity contribution in [2.75, 3.05) is 13.2 Å². The zero-order chi connectivity index (χ0) is 24.3. The fourth-order valence-corrected chi connectivity index (χ4v) is 3.90. The molecular weight excluding hydrogens is 424 g/mol. The topological polar surface area (TPSA) is 58.6 Å². The molecule has 3 aromatic rings. The highest BCUT2D eigenvalue weighted by molar-refractivity contribution is 5.88. The van der Waals surface area contributed by atoms with E-state index >= 15 is 0 Å². The zero-order valence-electron chi connectivity index (χ0n) is 20.3. The number of amides is 2. The summed E-state index contributed by atoms with van der Waals surface area (Å²) in [4.78, 5) is 28.3. The lowest BCUT2D eigenvalue weighted by Gasteiger charge is -2.31. The minimum Gasteiger partial charge on any atom is -0.484 e. The molecule has 3 rings (SSSR count). The molecule has 0 unspecified atom stereocenters. The average molecular weight is 459 g/mol. The third-order valence-corrected chi connectivity index (χ3v) is 5.75. The fourth-order valence-electron chi connectivity index (χ4n) is 3.90. The highest BCUT2D eigenvalue weighted by Crippen LogP contribution is 2.17. The molecule has 3 aromatic carbocycles. The van der Waals surface area contributed by atoms with Crippen LogP contribution in [0.1, 0.15) is 36.1 Å². The smallest absolute Gasteiger partial charge is 0.261 e. The molecule has 0 spiro atoms. The Hall–Kier alpha value is -3.60. The number of carbonyl (C=O) groups is 2. The number of nitrogens with zero attached hydrogens (tertiary/aromatic N) is 1. The molecule has 0 saturated carbocycles. The number of carbonyl (C=O) groups excluding carboxylic acids is 2. The van der Waals surface area contributed by atoms with Crippen LogP contribution in [0, 0.1) is 6.92 Å².